The molecule has 74 heavy (non-hydrogen) atoms. The van der Waals surface area contributed by atoms with E-state index in [0.29, 0.717) is 12.8 Å². The first-order chi connectivity index (χ1) is 36.1. The van der Waals surface area contributed by atoms with Gasteiger partial charge in [0.1, 0.15) is 48.8 Å². The van der Waals surface area contributed by atoms with Crippen LogP contribution in [0.15, 0.2) is 97.2 Å². The van der Waals surface area contributed by atoms with Crippen molar-refractivity contribution in [2.24, 2.45) is 0 Å². The van der Waals surface area contributed by atoms with Crippen LogP contribution in [0, 0.1) is 0 Å². The quantitative estimate of drug-likeness (QED) is 0.0205. The van der Waals surface area contributed by atoms with Gasteiger partial charge in [-0.3, -0.25) is 4.79 Å². The van der Waals surface area contributed by atoms with Crippen molar-refractivity contribution < 1.29 is 64.6 Å². The third-order valence-electron chi connectivity index (χ3n) is 13.2. The maximum Gasteiger partial charge on any atom is 0.220 e. The Labute approximate surface area is 445 Å². The molecule has 14 nitrogen and oxygen atoms in total. The molecule has 2 fully saturated rings. The predicted molar refractivity (Wildman–Crippen MR) is 295 cm³/mol. The predicted octanol–water partition coefficient (Wildman–Crippen LogP) is 9.10. The number of hydrogen-bond acceptors (Lipinski definition) is 13. The minimum absolute atomic E-state index is 0.242. The SMILES string of the molecule is CC/C=C\C/C=C\C/C=C\C/C=C\C/C=C\CCCCCCCC(=O)NC(COC1OC(CO)C(OC2OC(CO)C(O)C(O)C2O)C(O)C1O)C(O)/C=C/CC/C=C/CC/C=C/CCCCCCCCCCC. The van der Waals surface area contributed by atoms with Crippen molar-refractivity contribution in [2.75, 3.05) is 19.8 Å². The molecule has 0 spiro atoms. The van der Waals surface area contributed by atoms with Crippen molar-refractivity contribution in [3.8, 4) is 0 Å². The van der Waals surface area contributed by atoms with Crippen molar-refractivity contribution in [3.05, 3.63) is 97.2 Å². The molecule has 12 atom stereocenters. The third-order valence-corrected chi connectivity index (χ3v) is 13.2. The summed E-state index contributed by atoms with van der Waals surface area (Å²) in [5.41, 5.74) is 0. The highest BCUT2D eigenvalue weighted by molar-refractivity contribution is 5.76. The van der Waals surface area contributed by atoms with Crippen LogP contribution in [0.25, 0.3) is 0 Å². The molecule has 2 saturated heterocycles. The Morgan fingerprint density at radius 3 is 1.49 bits per heavy atom. The first-order valence-electron chi connectivity index (χ1n) is 28.5. The van der Waals surface area contributed by atoms with Gasteiger partial charge < -0.3 is 65.1 Å². The Balaban J connectivity index is 1.84. The molecule has 9 N–H and O–H groups in total. The minimum atomic E-state index is -1.80. The molecule has 2 heterocycles. The fourth-order valence-corrected chi connectivity index (χ4v) is 8.64. The summed E-state index contributed by atoms with van der Waals surface area (Å²) in [5, 5.41) is 87.0. The van der Waals surface area contributed by atoms with E-state index in [1.54, 1.807) is 6.08 Å². The van der Waals surface area contributed by atoms with E-state index in [1.165, 1.54) is 57.8 Å². The molecular weight excluding hydrogens is 943 g/mol. The topological polar surface area (TPSA) is 228 Å². The number of rotatable bonds is 43. The summed E-state index contributed by atoms with van der Waals surface area (Å²) in [5.74, 6) is -0.277. The van der Waals surface area contributed by atoms with Crippen molar-refractivity contribution in [1.29, 1.82) is 0 Å². The summed E-state index contributed by atoms with van der Waals surface area (Å²) in [6.07, 6.45) is 44.4. The van der Waals surface area contributed by atoms with Crippen molar-refractivity contribution in [2.45, 2.75) is 254 Å². The van der Waals surface area contributed by atoms with Gasteiger partial charge in [0, 0.05) is 6.42 Å². The average molecular weight is 1040 g/mol. The molecule has 2 aliphatic rings. The summed E-state index contributed by atoms with van der Waals surface area (Å²) < 4.78 is 22.7. The van der Waals surface area contributed by atoms with Crippen LogP contribution in [0.2, 0.25) is 0 Å². The number of nitrogens with one attached hydrogen (secondary N) is 1. The van der Waals surface area contributed by atoms with Crippen LogP contribution in [0.1, 0.15) is 181 Å². The second kappa shape index (κ2) is 45.0. The summed E-state index contributed by atoms with van der Waals surface area (Å²) in [7, 11) is 0. The fraction of sp³-hybridized carbons (Fsp3) is 0.717. The standard InChI is InChI=1S/C60H101NO13/c1-3-5-7-9-11-13-15-17-19-21-23-24-26-28-30-32-34-36-38-40-42-44-52(65)61-48(49(64)43-41-39-37-35-33-31-29-27-25-22-20-18-16-14-12-10-8-6-4-2)47-71-59-57(70)55(68)58(51(46-63)73-59)74-60-56(69)54(67)53(66)50(45-62)72-60/h5,7,11,13,17,19,23-25,27-28,30,33,35,41,43,48-51,53-60,62-64,66-70H,3-4,6,8-10,12,14-16,18,20-22,26,29,31-32,34,36-40,42,44-47H2,1-2H3,(H,61,65)/b7-5-,13-11-,19-17-,24-23-,27-25+,30-28-,35-33+,43-41+. The zero-order valence-electron chi connectivity index (χ0n) is 45.3. The van der Waals surface area contributed by atoms with Gasteiger partial charge in [0.05, 0.1) is 32.0 Å². The zero-order valence-corrected chi connectivity index (χ0v) is 45.3. The zero-order chi connectivity index (χ0) is 53.9. The highest BCUT2D eigenvalue weighted by atomic mass is 16.7. The lowest BCUT2D eigenvalue weighted by atomic mass is 9.97. The van der Waals surface area contributed by atoms with E-state index in [0.717, 1.165) is 89.9 Å². The Morgan fingerprint density at radius 1 is 0.500 bits per heavy atom. The van der Waals surface area contributed by atoms with Crippen LogP contribution >= 0.6 is 0 Å². The Bertz CT molecular complexity index is 1610. The minimum Gasteiger partial charge on any atom is -0.394 e. The first kappa shape index (κ1) is 67.0. The van der Waals surface area contributed by atoms with Crippen molar-refractivity contribution >= 4 is 5.91 Å². The molecule has 0 aromatic heterocycles. The van der Waals surface area contributed by atoms with E-state index in [-0.39, 0.29) is 18.9 Å². The summed E-state index contributed by atoms with van der Waals surface area (Å²) >= 11 is 0. The molecule has 14 heteroatoms. The molecule has 0 bridgehead atoms. The number of carbonyl (C=O) groups excluding carboxylic acids is 1. The van der Waals surface area contributed by atoms with E-state index in [2.05, 4.69) is 104 Å². The van der Waals surface area contributed by atoms with Gasteiger partial charge in [-0.25, -0.2) is 0 Å². The molecule has 0 radical (unpaired) electrons. The van der Waals surface area contributed by atoms with Crippen LogP contribution in [0.4, 0.5) is 0 Å². The van der Waals surface area contributed by atoms with E-state index in [1.807, 2.05) is 6.08 Å². The number of unbranched alkanes of at least 4 members (excludes halogenated alkanes) is 16. The number of allylic oxidation sites excluding steroid dienone is 15. The number of amides is 1. The van der Waals surface area contributed by atoms with Crippen molar-refractivity contribution in [3.63, 3.8) is 0 Å². The van der Waals surface area contributed by atoms with Gasteiger partial charge in [0.25, 0.3) is 0 Å². The lowest BCUT2D eigenvalue weighted by molar-refractivity contribution is -0.359. The third kappa shape index (κ3) is 30.6. The van der Waals surface area contributed by atoms with E-state index >= 15 is 0 Å². The number of hydrogen-bond donors (Lipinski definition) is 9. The Hall–Kier alpha value is -3.09. The smallest absolute Gasteiger partial charge is 0.220 e. The van der Waals surface area contributed by atoms with Gasteiger partial charge in [-0.05, 0) is 89.9 Å². The number of ether oxygens (including phenoxy) is 4. The maximum atomic E-state index is 13.2. The van der Waals surface area contributed by atoms with E-state index in [9.17, 15) is 45.6 Å². The van der Waals surface area contributed by atoms with Gasteiger partial charge in [-0.2, -0.15) is 0 Å². The normalized spacial score (nSPS) is 26.0. The molecular formula is C60H101NO13. The van der Waals surface area contributed by atoms with Crippen LogP contribution in [0.5, 0.6) is 0 Å². The fourth-order valence-electron chi connectivity index (χ4n) is 8.64. The molecule has 424 valence electrons. The first-order valence-corrected chi connectivity index (χ1v) is 28.5. The average Bonchev–Trinajstić information content (AvgIpc) is 3.40. The summed E-state index contributed by atoms with van der Waals surface area (Å²) in [6, 6.07) is -0.955. The molecule has 0 aliphatic carbocycles. The summed E-state index contributed by atoms with van der Waals surface area (Å²) in [4.78, 5) is 13.2. The molecule has 0 aromatic rings. The molecule has 1 amide bonds. The van der Waals surface area contributed by atoms with Gasteiger partial charge in [0.2, 0.25) is 5.91 Å². The lowest BCUT2D eigenvalue weighted by Gasteiger charge is -2.46. The molecule has 2 aliphatic heterocycles. The molecule has 0 saturated carbocycles. The highest BCUT2D eigenvalue weighted by Gasteiger charge is 2.51. The van der Waals surface area contributed by atoms with Gasteiger partial charge in [-0.1, -0.05) is 182 Å². The molecule has 12 unspecified atom stereocenters. The van der Waals surface area contributed by atoms with Crippen LogP contribution in [0.3, 0.4) is 0 Å². The highest BCUT2D eigenvalue weighted by Crippen LogP contribution is 2.30. The van der Waals surface area contributed by atoms with Crippen molar-refractivity contribution in [1.82, 2.24) is 5.32 Å². The number of carbonyl (C=O) groups is 1. The largest absolute Gasteiger partial charge is 0.394 e. The van der Waals surface area contributed by atoms with Crippen LogP contribution in [-0.2, 0) is 23.7 Å². The van der Waals surface area contributed by atoms with Gasteiger partial charge in [0.15, 0.2) is 12.6 Å². The van der Waals surface area contributed by atoms with Gasteiger partial charge in [-0.15, -0.1) is 0 Å². The van der Waals surface area contributed by atoms with E-state index < -0.39 is 86.8 Å². The number of aliphatic hydroxyl groups is 8. The monoisotopic (exact) mass is 1040 g/mol. The second-order valence-electron chi connectivity index (χ2n) is 19.7. The van der Waals surface area contributed by atoms with Gasteiger partial charge >= 0.3 is 0 Å². The summed E-state index contributed by atoms with van der Waals surface area (Å²) in [6.45, 7) is 2.62. The Kier molecular flexibility index (Phi) is 40.7. The Morgan fingerprint density at radius 2 is 0.946 bits per heavy atom. The molecule has 2 rings (SSSR count). The number of aliphatic hydroxyl groups excluding tert-OH is 8. The lowest BCUT2D eigenvalue weighted by Crippen LogP contribution is -2.65. The second-order valence-corrected chi connectivity index (χ2v) is 19.7. The van der Waals surface area contributed by atoms with Crippen LogP contribution in [-0.4, -0.2) is 140 Å². The maximum absolute atomic E-state index is 13.2. The van der Waals surface area contributed by atoms with Crippen LogP contribution < -0.4 is 5.32 Å². The molecule has 0 aromatic carbocycles. The van der Waals surface area contributed by atoms with E-state index in [4.69, 9.17) is 18.9 Å².